The Bertz CT molecular complexity index is 514. The summed E-state index contributed by atoms with van der Waals surface area (Å²) in [6.07, 6.45) is 0.829. The average Bonchev–Trinajstić information content (AvgIpc) is 2.39. The first-order valence-corrected chi connectivity index (χ1v) is 7.60. The first kappa shape index (κ1) is 16.1. The van der Waals surface area contributed by atoms with Crippen molar-refractivity contribution in [3.63, 3.8) is 0 Å². The summed E-state index contributed by atoms with van der Waals surface area (Å²) in [6.45, 7) is 4.32. The zero-order chi connectivity index (χ0) is 15.6. The van der Waals surface area contributed by atoms with E-state index < -0.39 is 6.10 Å². The molecule has 1 fully saturated rings. The lowest BCUT2D eigenvalue weighted by atomic mass is 9.82. The second-order valence-corrected chi connectivity index (χ2v) is 6.32. The summed E-state index contributed by atoms with van der Waals surface area (Å²) >= 11 is 5.91. The highest BCUT2D eigenvalue weighted by atomic mass is 35.5. The number of likely N-dealkylation sites (N-methyl/N-ethyl adjacent to an activating group) is 1. The summed E-state index contributed by atoms with van der Waals surface area (Å²) in [5, 5.41) is 9.94. The third kappa shape index (κ3) is 4.11. The van der Waals surface area contributed by atoms with Crippen LogP contribution in [-0.4, -0.2) is 41.7 Å². The van der Waals surface area contributed by atoms with Crippen LogP contribution in [0.15, 0.2) is 18.2 Å². The minimum absolute atomic E-state index is 0.0502. The van der Waals surface area contributed by atoms with Crippen molar-refractivity contribution >= 4 is 17.5 Å². The highest BCUT2D eigenvalue weighted by Crippen LogP contribution is 2.28. The predicted octanol–water partition coefficient (Wildman–Crippen LogP) is 2.65. The Kier molecular flexibility index (Phi) is 5.12. The van der Waals surface area contributed by atoms with Crippen molar-refractivity contribution in [1.29, 1.82) is 0 Å². The van der Waals surface area contributed by atoms with Crippen LogP contribution in [0.4, 0.5) is 0 Å². The normalized spacial score (nSPS) is 22.3. The lowest BCUT2D eigenvalue weighted by Crippen LogP contribution is -2.44. The van der Waals surface area contributed by atoms with Gasteiger partial charge in [0.1, 0.15) is 5.75 Å². The first-order valence-electron chi connectivity index (χ1n) is 7.22. The fraction of sp³-hybridized carbons (Fsp3) is 0.562. The topological polar surface area (TPSA) is 49.8 Å². The van der Waals surface area contributed by atoms with Gasteiger partial charge in [0.25, 0.3) is 5.91 Å². The van der Waals surface area contributed by atoms with E-state index in [1.54, 1.807) is 31.0 Å². The molecule has 0 spiro atoms. The maximum absolute atomic E-state index is 12.3. The number of carbonyl (C=O) groups excluding carboxylic acids is 1. The van der Waals surface area contributed by atoms with Crippen molar-refractivity contribution in [3.8, 4) is 5.75 Å². The van der Waals surface area contributed by atoms with Crippen LogP contribution in [0.1, 0.15) is 25.3 Å². The number of rotatable bonds is 5. The molecule has 1 amide bonds. The number of nitrogens with zero attached hydrogens (tertiary/aromatic N) is 1. The third-order valence-electron chi connectivity index (χ3n) is 3.91. The number of ether oxygens (including phenoxy) is 1. The van der Waals surface area contributed by atoms with Crippen molar-refractivity contribution in [3.05, 3.63) is 28.8 Å². The molecule has 1 N–H and O–H groups in total. The fourth-order valence-electron chi connectivity index (χ4n) is 2.62. The van der Waals surface area contributed by atoms with Gasteiger partial charge in [-0.3, -0.25) is 4.79 Å². The summed E-state index contributed by atoms with van der Waals surface area (Å²) in [4.78, 5) is 14.0. The van der Waals surface area contributed by atoms with Crippen LogP contribution >= 0.6 is 11.6 Å². The molecule has 1 aromatic carbocycles. The van der Waals surface area contributed by atoms with Crippen LogP contribution in [-0.2, 0) is 4.79 Å². The van der Waals surface area contributed by atoms with E-state index in [2.05, 4.69) is 0 Å². The highest BCUT2D eigenvalue weighted by Gasteiger charge is 2.30. The van der Waals surface area contributed by atoms with Crippen molar-refractivity contribution in [2.45, 2.75) is 38.9 Å². The largest absolute Gasteiger partial charge is 0.481 e. The number of amides is 1. The maximum atomic E-state index is 12.3. The van der Waals surface area contributed by atoms with Gasteiger partial charge in [-0.25, -0.2) is 0 Å². The molecule has 1 aliphatic carbocycles. The minimum Gasteiger partial charge on any atom is -0.481 e. The van der Waals surface area contributed by atoms with E-state index in [9.17, 15) is 9.90 Å². The molecule has 0 bridgehead atoms. The molecule has 1 aromatic rings. The average molecular weight is 312 g/mol. The highest BCUT2D eigenvalue weighted by molar-refractivity contribution is 6.30. The molecule has 1 unspecified atom stereocenters. The molecule has 1 atom stereocenters. The first-order chi connectivity index (χ1) is 9.86. The lowest BCUT2D eigenvalue weighted by Gasteiger charge is -2.35. The molecular formula is C16H22ClNO3. The molecule has 0 heterocycles. The van der Waals surface area contributed by atoms with Crippen LogP contribution < -0.4 is 4.74 Å². The van der Waals surface area contributed by atoms with Crippen LogP contribution in [0.3, 0.4) is 0 Å². The zero-order valence-electron chi connectivity index (χ0n) is 12.7. The van der Waals surface area contributed by atoms with E-state index in [1.807, 2.05) is 13.0 Å². The summed E-state index contributed by atoms with van der Waals surface area (Å²) in [6, 6.07) is 5.35. The van der Waals surface area contributed by atoms with Crippen molar-refractivity contribution < 1.29 is 14.6 Å². The van der Waals surface area contributed by atoms with E-state index in [0.29, 0.717) is 23.2 Å². The second kappa shape index (κ2) is 6.67. The number of aliphatic hydroxyl groups is 1. The van der Waals surface area contributed by atoms with Crippen LogP contribution in [0.5, 0.6) is 5.75 Å². The van der Waals surface area contributed by atoms with Gasteiger partial charge in [-0.05, 0) is 56.4 Å². The molecule has 1 aliphatic rings. The van der Waals surface area contributed by atoms with E-state index in [-0.39, 0.29) is 12.0 Å². The maximum Gasteiger partial charge on any atom is 0.263 e. The second-order valence-electron chi connectivity index (χ2n) is 5.88. The molecule has 2 rings (SSSR count). The van der Waals surface area contributed by atoms with Crippen molar-refractivity contribution in [2.75, 3.05) is 13.6 Å². The van der Waals surface area contributed by atoms with Crippen molar-refractivity contribution in [1.82, 2.24) is 4.90 Å². The molecule has 5 heteroatoms. The predicted molar refractivity (Wildman–Crippen MR) is 82.6 cm³/mol. The van der Waals surface area contributed by atoms with Gasteiger partial charge in [0.2, 0.25) is 0 Å². The molecule has 116 valence electrons. The quantitative estimate of drug-likeness (QED) is 0.909. The molecule has 4 nitrogen and oxygen atoms in total. The van der Waals surface area contributed by atoms with Gasteiger partial charge < -0.3 is 14.7 Å². The minimum atomic E-state index is -0.542. The Labute approximate surface area is 130 Å². The molecule has 0 saturated heterocycles. The van der Waals surface area contributed by atoms with Gasteiger partial charge in [0.05, 0.1) is 6.10 Å². The van der Waals surface area contributed by atoms with Gasteiger partial charge in [0.15, 0.2) is 6.10 Å². The third-order valence-corrected chi connectivity index (χ3v) is 4.14. The number of benzene rings is 1. The number of halogens is 1. The van der Waals surface area contributed by atoms with Crippen LogP contribution in [0, 0.1) is 12.8 Å². The van der Waals surface area contributed by atoms with Crippen LogP contribution in [0.2, 0.25) is 5.02 Å². The molecule has 0 aliphatic heterocycles. The Morgan fingerprint density at radius 2 is 2.19 bits per heavy atom. The number of carbonyl (C=O) groups is 1. The molecular weight excluding hydrogens is 290 g/mol. The Hall–Kier alpha value is -1.26. The fourth-order valence-corrected chi connectivity index (χ4v) is 2.85. The molecule has 21 heavy (non-hydrogen) atoms. The van der Waals surface area contributed by atoms with Gasteiger partial charge in [-0.15, -0.1) is 0 Å². The van der Waals surface area contributed by atoms with E-state index in [4.69, 9.17) is 16.3 Å². The molecule has 1 saturated carbocycles. The number of aryl methyl sites for hydroxylation is 1. The lowest BCUT2D eigenvalue weighted by molar-refractivity contribution is -0.138. The Morgan fingerprint density at radius 3 is 2.76 bits per heavy atom. The standard InChI is InChI=1S/C16H22ClNO3/c1-10-6-13(17)4-5-15(10)21-11(2)16(20)18(3)9-12-7-14(19)8-12/h4-6,11-12,14,19H,7-9H2,1-3H3. The summed E-state index contributed by atoms with van der Waals surface area (Å²) in [7, 11) is 1.78. The number of hydrogen-bond donors (Lipinski definition) is 1. The Morgan fingerprint density at radius 1 is 1.52 bits per heavy atom. The number of aliphatic hydroxyl groups excluding tert-OH is 1. The van der Waals surface area contributed by atoms with E-state index in [1.165, 1.54) is 0 Å². The summed E-state index contributed by atoms with van der Waals surface area (Å²) < 4.78 is 5.74. The van der Waals surface area contributed by atoms with E-state index in [0.717, 1.165) is 18.4 Å². The summed E-state index contributed by atoms with van der Waals surface area (Å²) in [5.41, 5.74) is 0.909. The monoisotopic (exact) mass is 311 g/mol. The summed E-state index contributed by atoms with van der Waals surface area (Å²) in [5.74, 6) is 1.02. The molecule has 0 radical (unpaired) electrons. The van der Waals surface area contributed by atoms with Gasteiger partial charge in [-0.2, -0.15) is 0 Å². The van der Waals surface area contributed by atoms with Gasteiger partial charge >= 0.3 is 0 Å². The number of hydrogen-bond acceptors (Lipinski definition) is 3. The van der Waals surface area contributed by atoms with E-state index >= 15 is 0 Å². The van der Waals surface area contributed by atoms with Crippen molar-refractivity contribution in [2.24, 2.45) is 5.92 Å². The van der Waals surface area contributed by atoms with Gasteiger partial charge in [0, 0.05) is 18.6 Å². The Balaban J connectivity index is 1.89. The molecule has 0 aromatic heterocycles. The smallest absolute Gasteiger partial charge is 0.263 e. The van der Waals surface area contributed by atoms with Crippen LogP contribution in [0.25, 0.3) is 0 Å². The zero-order valence-corrected chi connectivity index (χ0v) is 13.4. The van der Waals surface area contributed by atoms with Gasteiger partial charge in [-0.1, -0.05) is 11.6 Å². The SMILES string of the molecule is Cc1cc(Cl)ccc1OC(C)C(=O)N(C)CC1CC(O)C1.